The number of aromatic nitrogens is 2. The predicted octanol–water partition coefficient (Wildman–Crippen LogP) is 8.73. The van der Waals surface area contributed by atoms with E-state index in [1.807, 2.05) is 24.3 Å². The van der Waals surface area contributed by atoms with Crippen molar-refractivity contribution in [3.05, 3.63) is 53.1 Å². The number of nitrogens with zero attached hydrogens (tertiary/aromatic N) is 2. The topological polar surface area (TPSA) is 17.8 Å². The van der Waals surface area contributed by atoms with Crippen LogP contribution in [0.3, 0.4) is 0 Å². The molecule has 2 saturated carbocycles. The van der Waals surface area contributed by atoms with Crippen molar-refractivity contribution >= 4 is 22.6 Å². The van der Waals surface area contributed by atoms with Gasteiger partial charge in [-0.15, -0.1) is 0 Å². The van der Waals surface area contributed by atoms with E-state index in [1.165, 1.54) is 76.3 Å². The summed E-state index contributed by atoms with van der Waals surface area (Å²) in [4.78, 5) is 4.84. The zero-order valence-electron chi connectivity index (χ0n) is 18.5. The summed E-state index contributed by atoms with van der Waals surface area (Å²) in [7, 11) is 0. The highest BCUT2D eigenvalue weighted by atomic mass is 35.5. The van der Waals surface area contributed by atoms with Crippen LogP contribution >= 0.6 is 11.6 Å². The van der Waals surface area contributed by atoms with Gasteiger partial charge < -0.3 is 4.57 Å². The third-order valence-corrected chi connectivity index (χ3v) is 7.91. The van der Waals surface area contributed by atoms with Crippen molar-refractivity contribution in [1.29, 1.82) is 0 Å². The van der Waals surface area contributed by atoms with E-state index in [4.69, 9.17) is 16.6 Å². The molecule has 0 N–H and O–H groups in total. The summed E-state index contributed by atoms with van der Waals surface area (Å²) in [6.07, 6.45) is 13.8. The molecule has 5 rings (SSSR count). The quantitative estimate of drug-likeness (QED) is 0.375. The second-order valence-corrected chi connectivity index (χ2v) is 10.2. The van der Waals surface area contributed by atoms with Gasteiger partial charge in [0, 0.05) is 28.8 Å². The lowest BCUT2D eigenvalue weighted by atomic mass is 9.77. The molecule has 5 heteroatoms. The van der Waals surface area contributed by atoms with E-state index in [-0.39, 0.29) is 6.04 Å². The molecule has 170 valence electrons. The number of hydrogen-bond donors (Lipinski definition) is 0. The number of benzene rings is 2. The molecule has 0 bridgehead atoms. The van der Waals surface area contributed by atoms with Crippen molar-refractivity contribution in [2.75, 3.05) is 0 Å². The summed E-state index contributed by atoms with van der Waals surface area (Å²) in [5.74, 6) is 0.388. The van der Waals surface area contributed by atoms with E-state index < -0.39 is 11.6 Å². The molecular formula is C27H31ClF2N2. The van der Waals surface area contributed by atoms with Crippen LogP contribution < -0.4 is 0 Å². The Morgan fingerprint density at radius 1 is 0.875 bits per heavy atom. The molecule has 1 aromatic heterocycles. The molecule has 2 aromatic carbocycles. The Balaban J connectivity index is 1.66. The molecule has 0 aliphatic heterocycles. The maximum Gasteiger partial charge on any atom is 0.161 e. The molecule has 1 heterocycles. The van der Waals surface area contributed by atoms with Crippen LogP contribution in [-0.4, -0.2) is 9.55 Å². The Morgan fingerprint density at radius 3 is 2.19 bits per heavy atom. The van der Waals surface area contributed by atoms with Crippen molar-refractivity contribution in [3.63, 3.8) is 0 Å². The van der Waals surface area contributed by atoms with Crippen molar-refractivity contribution in [2.45, 2.75) is 76.7 Å². The molecule has 0 amide bonds. The largest absolute Gasteiger partial charge is 0.320 e. The molecule has 2 fully saturated rings. The zero-order valence-corrected chi connectivity index (χ0v) is 19.3. The fourth-order valence-corrected chi connectivity index (χ4v) is 6.15. The van der Waals surface area contributed by atoms with E-state index >= 15 is 0 Å². The van der Waals surface area contributed by atoms with Gasteiger partial charge in [-0.25, -0.2) is 13.8 Å². The predicted molar refractivity (Wildman–Crippen MR) is 127 cm³/mol. The highest BCUT2D eigenvalue weighted by Crippen LogP contribution is 2.43. The van der Waals surface area contributed by atoms with Gasteiger partial charge in [0.25, 0.3) is 0 Å². The highest BCUT2D eigenvalue weighted by Gasteiger charge is 2.32. The lowest BCUT2D eigenvalue weighted by Gasteiger charge is -2.36. The Morgan fingerprint density at radius 2 is 1.50 bits per heavy atom. The second-order valence-electron chi connectivity index (χ2n) is 9.77. The first-order chi connectivity index (χ1) is 15.6. The first-order valence-electron chi connectivity index (χ1n) is 12.2. The van der Waals surface area contributed by atoms with E-state index in [2.05, 4.69) is 4.57 Å². The summed E-state index contributed by atoms with van der Waals surface area (Å²) >= 11 is 6.15. The highest BCUT2D eigenvalue weighted by molar-refractivity contribution is 6.30. The minimum absolute atomic E-state index is 0.249. The SMILES string of the molecule is Fc1cc2nc(-c3ccc(Cl)cc3)n(C(CC3CCCCC3)C3CCCCC3)c2cc1F. The van der Waals surface area contributed by atoms with Crippen molar-refractivity contribution < 1.29 is 8.78 Å². The third-order valence-electron chi connectivity index (χ3n) is 7.66. The van der Waals surface area contributed by atoms with E-state index in [0.29, 0.717) is 27.9 Å². The van der Waals surface area contributed by atoms with Gasteiger partial charge >= 0.3 is 0 Å². The van der Waals surface area contributed by atoms with Gasteiger partial charge in [-0.2, -0.15) is 0 Å². The van der Waals surface area contributed by atoms with Crippen LogP contribution in [0.1, 0.15) is 76.7 Å². The van der Waals surface area contributed by atoms with Crippen LogP contribution in [0.5, 0.6) is 0 Å². The number of hydrogen-bond acceptors (Lipinski definition) is 1. The standard InChI is InChI=1S/C27H31ClF2N2/c28-21-13-11-20(12-14-21)27-31-24-16-22(29)23(30)17-26(24)32(27)25(19-9-5-2-6-10-19)15-18-7-3-1-4-8-18/h11-14,16-19,25H,1-10,15H2. The molecule has 2 aliphatic rings. The lowest BCUT2D eigenvalue weighted by Crippen LogP contribution is -2.26. The summed E-state index contributed by atoms with van der Waals surface area (Å²) < 4.78 is 30.8. The Kier molecular flexibility index (Phi) is 6.50. The van der Waals surface area contributed by atoms with E-state index in [9.17, 15) is 8.78 Å². The molecule has 1 atom stereocenters. The fourth-order valence-electron chi connectivity index (χ4n) is 6.02. The van der Waals surface area contributed by atoms with Gasteiger partial charge in [-0.3, -0.25) is 0 Å². The molecule has 0 radical (unpaired) electrons. The maximum absolute atomic E-state index is 14.4. The Bertz CT molecular complexity index is 1060. The zero-order chi connectivity index (χ0) is 22.1. The average Bonchev–Trinajstić information content (AvgIpc) is 3.17. The molecule has 0 spiro atoms. The molecule has 2 nitrogen and oxygen atoms in total. The van der Waals surface area contributed by atoms with Crippen molar-refractivity contribution in [2.24, 2.45) is 11.8 Å². The third kappa shape index (κ3) is 4.44. The van der Waals surface area contributed by atoms with Crippen LogP contribution in [0, 0.1) is 23.5 Å². The molecule has 2 aliphatic carbocycles. The normalized spacial score (nSPS) is 19.5. The fraction of sp³-hybridized carbons (Fsp3) is 0.519. The van der Waals surface area contributed by atoms with E-state index in [0.717, 1.165) is 17.8 Å². The maximum atomic E-state index is 14.4. The molecular weight excluding hydrogens is 426 g/mol. The monoisotopic (exact) mass is 456 g/mol. The average molecular weight is 457 g/mol. The second kappa shape index (κ2) is 9.51. The minimum Gasteiger partial charge on any atom is -0.320 e. The van der Waals surface area contributed by atoms with Crippen molar-refractivity contribution in [1.82, 2.24) is 9.55 Å². The van der Waals surface area contributed by atoms with Crippen LogP contribution in [0.15, 0.2) is 36.4 Å². The van der Waals surface area contributed by atoms with Gasteiger partial charge in [0.15, 0.2) is 11.6 Å². The van der Waals surface area contributed by atoms with Crippen molar-refractivity contribution in [3.8, 4) is 11.4 Å². The molecule has 1 unspecified atom stereocenters. The summed E-state index contributed by atoms with van der Waals surface area (Å²) in [5.41, 5.74) is 2.18. The molecule has 0 saturated heterocycles. The Labute approximate surface area is 194 Å². The molecule has 32 heavy (non-hydrogen) atoms. The van der Waals surface area contributed by atoms with Gasteiger partial charge in [0.05, 0.1) is 11.0 Å². The van der Waals surface area contributed by atoms with Gasteiger partial charge in [0.1, 0.15) is 5.82 Å². The molecule has 3 aromatic rings. The minimum atomic E-state index is -0.841. The van der Waals surface area contributed by atoms with Crippen LogP contribution in [0.2, 0.25) is 5.02 Å². The van der Waals surface area contributed by atoms with Gasteiger partial charge in [-0.05, 0) is 55.4 Å². The lowest BCUT2D eigenvalue weighted by molar-refractivity contribution is 0.197. The Hall–Kier alpha value is -1.94. The summed E-state index contributed by atoms with van der Waals surface area (Å²) in [6, 6.07) is 10.5. The first-order valence-corrected chi connectivity index (χ1v) is 12.6. The van der Waals surface area contributed by atoms with Crippen LogP contribution in [-0.2, 0) is 0 Å². The number of fused-ring (bicyclic) bond motifs is 1. The number of halogens is 3. The summed E-state index contributed by atoms with van der Waals surface area (Å²) in [6.45, 7) is 0. The number of imidazole rings is 1. The smallest absolute Gasteiger partial charge is 0.161 e. The van der Waals surface area contributed by atoms with Gasteiger partial charge in [0.2, 0.25) is 0 Å². The summed E-state index contributed by atoms with van der Waals surface area (Å²) in [5, 5.41) is 0.666. The number of rotatable bonds is 5. The first kappa shape index (κ1) is 21.9. The van der Waals surface area contributed by atoms with Crippen LogP contribution in [0.25, 0.3) is 22.4 Å². The van der Waals surface area contributed by atoms with E-state index in [1.54, 1.807) is 0 Å². The van der Waals surface area contributed by atoms with Crippen LogP contribution in [0.4, 0.5) is 8.78 Å². The van der Waals surface area contributed by atoms with Gasteiger partial charge in [-0.1, -0.05) is 63.0 Å².